The van der Waals surface area contributed by atoms with Crippen LogP contribution in [0.4, 0.5) is 5.82 Å². The number of nitrogens with two attached hydrogens (primary N) is 1. The van der Waals surface area contributed by atoms with Crippen LogP contribution in [0.2, 0.25) is 0 Å². The van der Waals surface area contributed by atoms with Crippen molar-refractivity contribution in [3.63, 3.8) is 0 Å². The molecule has 172 valence electrons. The van der Waals surface area contributed by atoms with E-state index in [2.05, 4.69) is 15.0 Å². The van der Waals surface area contributed by atoms with Crippen molar-refractivity contribution in [3.8, 4) is 5.75 Å². The van der Waals surface area contributed by atoms with Gasteiger partial charge in [0.05, 0.1) is 12.9 Å². The second-order valence-corrected chi connectivity index (χ2v) is 8.91. The first kappa shape index (κ1) is 21.7. The van der Waals surface area contributed by atoms with Gasteiger partial charge in [0.2, 0.25) is 0 Å². The molecule has 4 aromatic rings. The van der Waals surface area contributed by atoms with Crippen molar-refractivity contribution >= 4 is 36.0 Å². The Kier molecular flexibility index (Phi) is 5.51. The number of nitrogen functional groups attached to an aromatic ring is 1. The molecular weight excluding hydrogens is 449 g/mol. The summed E-state index contributed by atoms with van der Waals surface area (Å²) in [5.41, 5.74) is 4.80. The van der Waals surface area contributed by atoms with Crippen LogP contribution in [0.1, 0.15) is 13.2 Å². The highest BCUT2D eigenvalue weighted by Gasteiger charge is 2.53. The minimum Gasteiger partial charge on any atom is -0.426 e. The van der Waals surface area contributed by atoms with Gasteiger partial charge in [0.15, 0.2) is 17.7 Å². The van der Waals surface area contributed by atoms with E-state index in [1.807, 2.05) is 30.3 Å². The third-order valence-electron chi connectivity index (χ3n) is 5.70. The molecule has 0 aliphatic carbocycles. The summed E-state index contributed by atoms with van der Waals surface area (Å²) in [4.78, 5) is 12.2. The molecule has 0 spiro atoms. The van der Waals surface area contributed by atoms with E-state index >= 15 is 0 Å². The number of anilines is 1. The van der Waals surface area contributed by atoms with Gasteiger partial charge in [-0.2, -0.15) is 0 Å². The van der Waals surface area contributed by atoms with Gasteiger partial charge in [-0.05, 0) is 18.4 Å². The molecule has 0 bridgehead atoms. The van der Waals surface area contributed by atoms with Crippen molar-refractivity contribution in [2.24, 2.45) is 0 Å². The van der Waals surface area contributed by atoms with Crippen molar-refractivity contribution in [2.45, 2.75) is 31.0 Å². The van der Waals surface area contributed by atoms with E-state index in [1.165, 1.54) is 24.1 Å². The number of aliphatic hydroxyl groups excluding tert-OH is 1. The Morgan fingerprint density at radius 1 is 1.21 bits per heavy atom. The van der Waals surface area contributed by atoms with Crippen LogP contribution in [0.25, 0.3) is 21.9 Å². The van der Waals surface area contributed by atoms with Crippen LogP contribution in [0.5, 0.6) is 5.75 Å². The highest BCUT2D eigenvalue weighted by molar-refractivity contribution is 7.33. The molecule has 1 aliphatic heterocycles. The van der Waals surface area contributed by atoms with E-state index in [4.69, 9.17) is 19.5 Å². The first-order valence-corrected chi connectivity index (χ1v) is 11.4. The van der Waals surface area contributed by atoms with Crippen LogP contribution in [-0.2, 0) is 13.8 Å². The van der Waals surface area contributed by atoms with Crippen molar-refractivity contribution in [3.05, 3.63) is 55.1 Å². The predicted octanol–water partition coefficient (Wildman–Crippen LogP) is 2.06. The fraction of sp³-hybridized carbons (Fsp3) is 0.286. The first-order chi connectivity index (χ1) is 15.9. The third-order valence-corrected chi connectivity index (χ3v) is 6.49. The molecule has 5 atom stereocenters. The molecule has 2 aromatic carbocycles. The van der Waals surface area contributed by atoms with Gasteiger partial charge in [-0.25, -0.2) is 19.5 Å². The largest absolute Gasteiger partial charge is 0.426 e. The van der Waals surface area contributed by atoms with Crippen LogP contribution in [0, 0.1) is 0 Å². The average Bonchev–Trinajstić information content (AvgIpc) is 3.32. The summed E-state index contributed by atoms with van der Waals surface area (Å²) in [5, 5.41) is 23.4. The minimum absolute atomic E-state index is 0.181. The summed E-state index contributed by atoms with van der Waals surface area (Å²) < 4.78 is 30.7. The Morgan fingerprint density at radius 2 is 2.00 bits per heavy atom. The normalized spacial score (nSPS) is 26.1. The van der Waals surface area contributed by atoms with Crippen molar-refractivity contribution in [1.82, 2.24) is 19.5 Å². The van der Waals surface area contributed by atoms with Gasteiger partial charge in [-0.15, -0.1) is 0 Å². The van der Waals surface area contributed by atoms with E-state index in [9.17, 15) is 14.8 Å². The van der Waals surface area contributed by atoms with Gasteiger partial charge >= 0.3 is 8.25 Å². The number of hydrogen-bond acceptors (Lipinski definition) is 10. The Morgan fingerprint density at radius 3 is 2.85 bits per heavy atom. The number of fused-ring (bicyclic) bond motifs is 2. The maximum absolute atomic E-state index is 12.5. The Balaban J connectivity index is 1.30. The quantitative estimate of drug-likeness (QED) is 0.356. The van der Waals surface area contributed by atoms with Crippen LogP contribution in [-0.4, -0.2) is 54.1 Å². The molecule has 1 saturated heterocycles. The van der Waals surface area contributed by atoms with E-state index in [-0.39, 0.29) is 12.4 Å². The number of aliphatic hydroxyl groups is 2. The summed E-state index contributed by atoms with van der Waals surface area (Å²) in [5.74, 6) is 0.609. The van der Waals surface area contributed by atoms with Gasteiger partial charge in [-0.1, -0.05) is 36.4 Å². The fourth-order valence-electron chi connectivity index (χ4n) is 3.97. The van der Waals surface area contributed by atoms with E-state index < -0.39 is 32.3 Å². The molecule has 12 heteroatoms. The lowest BCUT2D eigenvalue weighted by Gasteiger charge is -2.27. The van der Waals surface area contributed by atoms with Gasteiger partial charge in [0.1, 0.15) is 35.4 Å². The topological polar surface area (TPSA) is 155 Å². The highest BCUT2D eigenvalue weighted by atomic mass is 31.1. The van der Waals surface area contributed by atoms with Gasteiger partial charge in [-0.3, -0.25) is 9.09 Å². The molecule has 1 fully saturated rings. The summed E-state index contributed by atoms with van der Waals surface area (Å²) in [6.07, 6.45) is -0.690. The Bertz CT molecular complexity index is 1340. The molecule has 0 saturated carbocycles. The number of ether oxygens (including phenoxy) is 1. The molecular formula is C21H22N5O6P. The van der Waals surface area contributed by atoms with Crippen LogP contribution >= 0.6 is 8.25 Å². The number of nitrogens with zero attached hydrogens (tertiary/aromatic N) is 4. The molecule has 1 aliphatic rings. The van der Waals surface area contributed by atoms with Crippen LogP contribution in [0.3, 0.4) is 0 Å². The lowest BCUT2D eigenvalue weighted by atomic mass is 9.96. The average molecular weight is 471 g/mol. The second kappa shape index (κ2) is 8.36. The zero-order chi connectivity index (χ0) is 23.2. The van der Waals surface area contributed by atoms with Gasteiger partial charge in [0, 0.05) is 5.39 Å². The number of imidazole rings is 1. The molecule has 4 N–H and O–H groups in total. The first-order valence-electron chi connectivity index (χ1n) is 10.2. The molecule has 3 heterocycles. The SMILES string of the molecule is CC1(O)C(O)[C@@H](CO[PH](=O)Oc2cccc3ccccc23)O[C@H]1n1cnc2c(N)ncnc21. The van der Waals surface area contributed by atoms with E-state index in [0.29, 0.717) is 16.9 Å². The smallest absolute Gasteiger partial charge is 0.367 e. The Hall–Kier alpha value is -3.08. The van der Waals surface area contributed by atoms with Crippen molar-refractivity contribution in [1.29, 1.82) is 0 Å². The zero-order valence-electron chi connectivity index (χ0n) is 17.5. The number of aromatic nitrogens is 4. The monoisotopic (exact) mass is 471 g/mol. The number of rotatable bonds is 6. The van der Waals surface area contributed by atoms with Gasteiger partial charge in [0.25, 0.3) is 0 Å². The molecule has 0 radical (unpaired) electrons. The molecule has 33 heavy (non-hydrogen) atoms. The molecule has 5 rings (SSSR count). The van der Waals surface area contributed by atoms with Crippen molar-refractivity contribution in [2.75, 3.05) is 12.3 Å². The van der Waals surface area contributed by atoms with E-state index in [0.717, 1.165) is 10.8 Å². The maximum atomic E-state index is 12.5. The third kappa shape index (κ3) is 3.84. The second-order valence-electron chi connectivity index (χ2n) is 7.92. The lowest BCUT2D eigenvalue weighted by Crippen LogP contribution is -2.44. The van der Waals surface area contributed by atoms with Gasteiger partial charge < -0.3 is 25.2 Å². The lowest BCUT2D eigenvalue weighted by molar-refractivity contribution is -0.0947. The van der Waals surface area contributed by atoms with Crippen molar-refractivity contribution < 1.29 is 28.6 Å². The van der Waals surface area contributed by atoms with Crippen LogP contribution < -0.4 is 10.3 Å². The fourth-order valence-corrected chi connectivity index (χ4v) is 4.69. The molecule has 0 amide bonds. The number of benzene rings is 2. The predicted molar refractivity (Wildman–Crippen MR) is 120 cm³/mol. The standard InChI is InChI=1S/C21H22N5O6P/c1-21(28)17(27)15(31-20(21)26-11-25-16-18(22)23-10-24-19(16)26)9-30-33(29)32-14-8-4-6-12-5-2-3-7-13(12)14/h2-8,10-11,15,17,20,27-28,33H,9H2,1H3,(H2,22,23,24)/t15-,17?,20-,21?/m1/s1. The maximum Gasteiger partial charge on any atom is 0.367 e. The van der Waals surface area contributed by atoms with E-state index in [1.54, 1.807) is 12.1 Å². The zero-order valence-corrected chi connectivity index (χ0v) is 18.5. The molecule has 2 aromatic heterocycles. The summed E-state index contributed by atoms with van der Waals surface area (Å²) >= 11 is 0. The van der Waals surface area contributed by atoms with Crippen LogP contribution in [0.15, 0.2) is 55.1 Å². The summed E-state index contributed by atoms with van der Waals surface area (Å²) in [6, 6.07) is 13.0. The number of hydrogen-bond donors (Lipinski definition) is 3. The Labute approximate surface area is 188 Å². The highest BCUT2D eigenvalue weighted by Crippen LogP contribution is 2.41. The molecule has 11 nitrogen and oxygen atoms in total. The summed E-state index contributed by atoms with van der Waals surface area (Å²) in [7, 11) is -2.97. The minimum atomic E-state index is -2.97. The molecule has 3 unspecified atom stereocenters. The summed E-state index contributed by atoms with van der Waals surface area (Å²) in [6.45, 7) is 1.16.